The molecule has 0 aliphatic carbocycles. The molecule has 0 saturated heterocycles. The normalized spacial score (nSPS) is 16.5. The maximum absolute atomic E-state index is 3.58. The van der Waals surface area contributed by atoms with E-state index in [1.807, 2.05) is 11.8 Å². The fourth-order valence-corrected chi connectivity index (χ4v) is 3.17. The molecule has 2 rings (SSSR count). The minimum absolute atomic E-state index is 0.582. The van der Waals surface area contributed by atoms with Gasteiger partial charge in [0.15, 0.2) is 0 Å². The van der Waals surface area contributed by atoms with Crippen molar-refractivity contribution < 1.29 is 0 Å². The molecule has 1 aliphatic rings. The fourth-order valence-electron chi connectivity index (χ4n) is 2.55. The zero-order chi connectivity index (χ0) is 13.0. The highest BCUT2D eigenvalue weighted by Gasteiger charge is 2.13. The Hall–Kier alpha value is -0.670. The number of anilines is 1. The van der Waals surface area contributed by atoms with Crippen molar-refractivity contribution in [1.82, 2.24) is 5.32 Å². The van der Waals surface area contributed by atoms with E-state index in [-0.39, 0.29) is 0 Å². The number of nitrogens with one attached hydrogen (secondary N) is 1. The van der Waals surface area contributed by atoms with E-state index in [4.69, 9.17) is 0 Å². The fraction of sp³-hybridized carbons (Fsp3) is 0.600. The lowest BCUT2D eigenvalue weighted by atomic mass is 9.99. The van der Waals surface area contributed by atoms with E-state index in [0.717, 1.165) is 6.54 Å². The monoisotopic (exact) mass is 264 g/mol. The summed E-state index contributed by atoms with van der Waals surface area (Å²) in [6.07, 6.45) is 4.67. The number of nitrogens with zero attached hydrogens (tertiary/aromatic N) is 1. The summed E-state index contributed by atoms with van der Waals surface area (Å²) >= 11 is 1.90. The first-order valence-electron chi connectivity index (χ1n) is 6.76. The number of fused-ring (bicyclic) bond motifs is 1. The molecule has 0 fully saturated rings. The predicted octanol–water partition coefficient (Wildman–Crippen LogP) is 2.91. The summed E-state index contributed by atoms with van der Waals surface area (Å²) in [5.41, 5.74) is 4.35. The first-order chi connectivity index (χ1) is 8.70. The molecule has 0 aromatic heterocycles. The SMILES string of the molecule is CSCC(C)NCc1ccc2c(c1)CCCN2C. The topological polar surface area (TPSA) is 15.3 Å². The Bertz CT molecular complexity index is 392. The van der Waals surface area contributed by atoms with Crippen LogP contribution in [0.5, 0.6) is 0 Å². The number of aryl methyl sites for hydroxylation is 1. The second-order valence-electron chi connectivity index (χ2n) is 5.23. The Kier molecular flexibility index (Phi) is 4.95. The van der Waals surface area contributed by atoms with Gasteiger partial charge in [-0.25, -0.2) is 0 Å². The van der Waals surface area contributed by atoms with Gasteiger partial charge < -0.3 is 10.2 Å². The van der Waals surface area contributed by atoms with E-state index < -0.39 is 0 Å². The van der Waals surface area contributed by atoms with Gasteiger partial charge in [0.1, 0.15) is 0 Å². The third-order valence-corrected chi connectivity index (χ3v) is 4.40. The van der Waals surface area contributed by atoms with Crippen molar-refractivity contribution in [2.24, 2.45) is 0 Å². The molecule has 1 aromatic carbocycles. The molecule has 1 heterocycles. The van der Waals surface area contributed by atoms with E-state index in [9.17, 15) is 0 Å². The number of hydrogen-bond acceptors (Lipinski definition) is 3. The van der Waals surface area contributed by atoms with Crippen LogP contribution >= 0.6 is 11.8 Å². The Morgan fingerprint density at radius 3 is 3.06 bits per heavy atom. The van der Waals surface area contributed by atoms with Crippen LogP contribution in [-0.4, -0.2) is 31.6 Å². The van der Waals surface area contributed by atoms with Gasteiger partial charge in [-0.3, -0.25) is 0 Å². The number of rotatable bonds is 5. The standard InChI is InChI=1S/C15H24N2S/c1-12(11-18-3)16-10-13-6-7-15-14(9-13)5-4-8-17(15)2/h6-7,9,12,16H,4-5,8,10-11H2,1-3H3. The van der Waals surface area contributed by atoms with E-state index in [1.165, 1.54) is 42.0 Å². The molecule has 1 N–H and O–H groups in total. The van der Waals surface area contributed by atoms with Gasteiger partial charge in [0.05, 0.1) is 0 Å². The van der Waals surface area contributed by atoms with Crippen LogP contribution in [0.4, 0.5) is 5.69 Å². The minimum atomic E-state index is 0.582. The van der Waals surface area contributed by atoms with Crippen LogP contribution < -0.4 is 10.2 Å². The molecular weight excluding hydrogens is 240 g/mol. The molecule has 18 heavy (non-hydrogen) atoms. The van der Waals surface area contributed by atoms with Crippen LogP contribution in [-0.2, 0) is 13.0 Å². The van der Waals surface area contributed by atoms with Gasteiger partial charge in [0.2, 0.25) is 0 Å². The van der Waals surface area contributed by atoms with Crippen molar-refractivity contribution in [1.29, 1.82) is 0 Å². The van der Waals surface area contributed by atoms with Crippen LogP contribution in [0.15, 0.2) is 18.2 Å². The summed E-state index contributed by atoms with van der Waals surface area (Å²) < 4.78 is 0. The van der Waals surface area contributed by atoms with Crippen LogP contribution in [0, 0.1) is 0 Å². The molecule has 100 valence electrons. The van der Waals surface area contributed by atoms with Gasteiger partial charge >= 0.3 is 0 Å². The minimum Gasteiger partial charge on any atom is -0.374 e. The van der Waals surface area contributed by atoms with Crippen molar-refractivity contribution in [3.05, 3.63) is 29.3 Å². The van der Waals surface area contributed by atoms with Crippen LogP contribution in [0.2, 0.25) is 0 Å². The highest BCUT2D eigenvalue weighted by Crippen LogP contribution is 2.26. The first kappa shape index (κ1) is 13.8. The largest absolute Gasteiger partial charge is 0.374 e. The Balaban J connectivity index is 1.98. The van der Waals surface area contributed by atoms with Gasteiger partial charge in [0.25, 0.3) is 0 Å². The van der Waals surface area contributed by atoms with Gasteiger partial charge in [-0.15, -0.1) is 0 Å². The Morgan fingerprint density at radius 2 is 2.28 bits per heavy atom. The van der Waals surface area contributed by atoms with E-state index in [0.29, 0.717) is 6.04 Å². The van der Waals surface area contributed by atoms with Crippen molar-refractivity contribution >= 4 is 17.4 Å². The van der Waals surface area contributed by atoms with Crippen molar-refractivity contribution in [3.8, 4) is 0 Å². The molecular formula is C15H24N2S. The molecule has 0 saturated carbocycles. The molecule has 1 atom stereocenters. The van der Waals surface area contributed by atoms with Gasteiger partial charge in [0, 0.05) is 37.6 Å². The summed E-state index contributed by atoms with van der Waals surface area (Å²) in [6.45, 7) is 4.43. The molecule has 2 nitrogen and oxygen atoms in total. The van der Waals surface area contributed by atoms with Crippen LogP contribution in [0.3, 0.4) is 0 Å². The second-order valence-corrected chi connectivity index (χ2v) is 6.14. The Morgan fingerprint density at radius 1 is 1.44 bits per heavy atom. The third kappa shape index (κ3) is 3.42. The van der Waals surface area contributed by atoms with Crippen molar-refractivity contribution in [2.45, 2.75) is 32.4 Å². The molecule has 0 amide bonds. The average Bonchev–Trinajstić information content (AvgIpc) is 2.37. The van der Waals surface area contributed by atoms with E-state index in [1.54, 1.807) is 0 Å². The number of hydrogen-bond donors (Lipinski definition) is 1. The van der Waals surface area contributed by atoms with Gasteiger partial charge in [-0.05, 0) is 43.2 Å². The predicted molar refractivity (Wildman–Crippen MR) is 82.7 cm³/mol. The summed E-state index contributed by atoms with van der Waals surface area (Å²) in [5, 5.41) is 3.58. The summed E-state index contributed by atoms with van der Waals surface area (Å²) in [5.74, 6) is 1.17. The van der Waals surface area contributed by atoms with Gasteiger partial charge in [-0.1, -0.05) is 12.1 Å². The smallest absolute Gasteiger partial charge is 0.0396 e. The zero-order valence-electron chi connectivity index (χ0n) is 11.7. The highest BCUT2D eigenvalue weighted by molar-refractivity contribution is 7.98. The average molecular weight is 264 g/mol. The lowest BCUT2D eigenvalue weighted by Crippen LogP contribution is -2.28. The number of benzene rings is 1. The molecule has 1 aliphatic heterocycles. The first-order valence-corrected chi connectivity index (χ1v) is 8.15. The molecule has 0 radical (unpaired) electrons. The summed E-state index contributed by atoms with van der Waals surface area (Å²) in [4.78, 5) is 2.37. The van der Waals surface area contributed by atoms with Gasteiger partial charge in [-0.2, -0.15) is 11.8 Å². The van der Waals surface area contributed by atoms with E-state index in [2.05, 4.69) is 48.6 Å². The maximum Gasteiger partial charge on any atom is 0.0396 e. The highest BCUT2D eigenvalue weighted by atomic mass is 32.2. The lowest BCUT2D eigenvalue weighted by molar-refractivity contribution is 0.595. The molecule has 3 heteroatoms. The van der Waals surface area contributed by atoms with Crippen LogP contribution in [0.25, 0.3) is 0 Å². The van der Waals surface area contributed by atoms with Crippen molar-refractivity contribution in [2.75, 3.05) is 30.5 Å². The molecule has 0 spiro atoms. The lowest BCUT2D eigenvalue weighted by Gasteiger charge is -2.28. The quantitative estimate of drug-likeness (QED) is 0.880. The van der Waals surface area contributed by atoms with Crippen molar-refractivity contribution in [3.63, 3.8) is 0 Å². The zero-order valence-corrected chi connectivity index (χ0v) is 12.5. The molecule has 1 aromatic rings. The maximum atomic E-state index is 3.58. The second kappa shape index (κ2) is 6.48. The third-order valence-electron chi connectivity index (χ3n) is 3.57. The molecule has 0 bridgehead atoms. The molecule has 1 unspecified atom stereocenters. The number of thioether (sulfide) groups is 1. The summed E-state index contributed by atoms with van der Waals surface area (Å²) in [6, 6.07) is 7.51. The Labute approximate surface area is 115 Å². The summed E-state index contributed by atoms with van der Waals surface area (Å²) in [7, 11) is 2.19. The van der Waals surface area contributed by atoms with Crippen LogP contribution in [0.1, 0.15) is 24.5 Å². The van der Waals surface area contributed by atoms with E-state index >= 15 is 0 Å².